The number of para-hydroxylation sites is 1. The van der Waals surface area contributed by atoms with Gasteiger partial charge in [0.1, 0.15) is 5.75 Å². The quantitative estimate of drug-likeness (QED) is 0.653. The zero-order valence-electron chi connectivity index (χ0n) is 12.1. The van der Waals surface area contributed by atoms with Crippen molar-refractivity contribution in [1.82, 2.24) is 5.32 Å². The molecule has 0 spiro atoms. The van der Waals surface area contributed by atoms with Crippen LogP contribution in [0.15, 0.2) is 36.4 Å². The second kappa shape index (κ2) is 6.37. The Bertz CT molecular complexity index is 669. The Hall–Kier alpha value is -2.40. The van der Waals surface area contributed by atoms with Gasteiger partial charge in [-0.1, -0.05) is 30.3 Å². The van der Waals surface area contributed by atoms with Gasteiger partial charge in [0.25, 0.3) is 5.69 Å². The molecule has 110 valence electrons. The summed E-state index contributed by atoms with van der Waals surface area (Å²) in [5.74, 6) is 0.292. The Morgan fingerprint density at radius 3 is 2.43 bits per heavy atom. The minimum atomic E-state index is -0.370. The fourth-order valence-corrected chi connectivity index (χ4v) is 2.25. The first-order valence-corrected chi connectivity index (χ1v) is 6.71. The number of benzene rings is 2. The molecule has 5 nitrogen and oxygen atoms in total. The van der Waals surface area contributed by atoms with Gasteiger partial charge in [-0.05, 0) is 25.0 Å². The summed E-state index contributed by atoms with van der Waals surface area (Å²) in [5, 5.41) is 24.1. The van der Waals surface area contributed by atoms with Gasteiger partial charge in [-0.15, -0.1) is 0 Å². The van der Waals surface area contributed by atoms with E-state index in [0.29, 0.717) is 24.4 Å². The molecule has 0 saturated heterocycles. The van der Waals surface area contributed by atoms with E-state index in [1.165, 1.54) is 6.07 Å². The summed E-state index contributed by atoms with van der Waals surface area (Å²) in [6, 6.07) is 10.7. The largest absolute Gasteiger partial charge is 0.507 e. The van der Waals surface area contributed by atoms with Crippen LogP contribution in [-0.4, -0.2) is 10.0 Å². The zero-order chi connectivity index (χ0) is 15.4. The summed E-state index contributed by atoms with van der Waals surface area (Å²) >= 11 is 0. The number of nitrogens with one attached hydrogen (secondary N) is 1. The lowest BCUT2D eigenvalue weighted by Crippen LogP contribution is -2.14. The van der Waals surface area contributed by atoms with E-state index >= 15 is 0 Å². The SMILES string of the molecule is Cc1cccc(CNCc2cccc([N+](=O)[O-])c2C)c1O. The van der Waals surface area contributed by atoms with Crippen molar-refractivity contribution in [3.05, 3.63) is 68.8 Å². The standard InChI is InChI=1S/C16H18N2O3/c1-11-5-3-7-14(16(11)19)10-17-9-13-6-4-8-15(12(13)2)18(20)21/h3-8,17,19H,9-10H2,1-2H3. The van der Waals surface area contributed by atoms with E-state index in [9.17, 15) is 15.2 Å². The van der Waals surface area contributed by atoms with Crippen LogP contribution in [0.5, 0.6) is 5.75 Å². The predicted octanol–water partition coefficient (Wildman–Crippen LogP) is 3.21. The fourth-order valence-electron chi connectivity index (χ4n) is 2.25. The Morgan fingerprint density at radius 2 is 1.71 bits per heavy atom. The van der Waals surface area contributed by atoms with Gasteiger partial charge in [-0.2, -0.15) is 0 Å². The van der Waals surface area contributed by atoms with Crippen molar-refractivity contribution >= 4 is 5.69 Å². The van der Waals surface area contributed by atoms with Crippen LogP contribution in [0.4, 0.5) is 5.69 Å². The molecule has 0 aliphatic carbocycles. The monoisotopic (exact) mass is 286 g/mol. The summed E-state index contributed by atoms with van der Waals surface area (Å²) in [6.45, 7) is 4.62. The van der Waals surface area contributed by atoms with Crippen molar-refractivity contribution in [3.8, 4) is 5.75 Å². The second-order valence-electron chi connectivity index (χ2n) is 5.00. The minimum absolute atomic E-state index is 0.132. The van der Waals surface area contributed by atoms with Crippen molar-refractivity contribution in [2.24, 2.45) is 0 Å². The van der Waals surface area contributed by atoms with Gasteiger partial charge in [0.2, 0.25) is 0 Å². The first-order valence-electron chi connectivity index (χ1n) is 6.71. The third kappa shape index (κ3) is 3.38. The zero-order valence-corrected chi connectivity index (χ0v) is 12.1. The van der Waals surface area contributed by atoms with Crippen molar-refractivity contribution in [2.45, 2.75) is 26.9 Å². The molecule has 0 aromatic heterocycles. The van der Waals surface area contributed by atoms with E-state index < -0.39 is 0 Å². The Morgan fingerprint density at radius 1 is 1.10 bits per heavy atom. The minimum Gasteiger partial charge on any atom is -0.507 e. The lowest BCUT2D eigenvalue weighted by molar-refractivity contribution is -0.385. The Labute approximate surface area is 123 Å². The Kier molecular flexibility index (Phi) is 4.55. The maximum atomic E-state index is 10.9. The van der Waals surface area contributed by atoms with Crippen LogP contribution in [-0.2, 0) is 13.1 Å². The summed E-state index contributed by atoms with van der Waals surface area (Å²) in [4.78, 5) is 10.5. The summed E-state index contributed by atoms with van der Waals surface area (Å²) in [5.41, 5.74) is 3.34. The summed E-state index contributed by atoms with van der Waals surface area (Å²) < 4.78 is 0. The third-order valence-electron chi connectivity index (χ3n) is 3.57. The summed E-state index contributed by atoms with van der Waals surface area (Å²) in [7, 11) is 0. The van der Waals surface area contributed by atoms with Crippen LogP contribution in [0, 0.1) is 24.0 Å². The number of nitrogens with zero attached hydrogens (tertiary/aromatic N) is 1. The van der Waals surface area contributed by atoms with Crippen LogP contribution in [0.3, 0.4) is 0 Å². The topological polar surface area (TPSA) is 75.4 Å². The third-order valence-corrected chi connectivity index (χ3v) is 3.57. The van der Waals surface area contributed by atoms with Crippen LogP contribution < -0.4 is 5.32 Å². The number of phenols is 1. The number of aryl methyl sites for hydroxylation is 1. The van der Waals surface area contributed by atoms with Gasteiger partial charge in [0, 0.05) is 30.3 Å². The fraction of sp³-hybridized carbons (Fsp3) is 0.250. The van der Waals surface area contributed by atoms with Crippen LogP contribution in [0.25, 0.3) is 0 Å². The van der Waals surface area contributed by atoms with Gasteiger partial charge in [-0.25, -0.2) is 0 Å². The van der Waals surface area contributed by atoms with Crippen molar-refractivity contribution in [1.29, 1.82) is 0 Å². The molecule has 0 atom stereocenters. The number of hydrogen-bond donors (Lipinski definition) is 2. The Balaban J connectivity index is 2.06. The molecule has 0 saturated carbocycles. The average Bonchev–Trinajstić information content (AvgIpc) is 2.45. The van der Waals surface area contributed by atoms with Crippen molar-refractivity contribution in [2.75, 3.05) is 0 Å². The molecule has 0 bridgehead atoms. The number of nitro groups is 1. The van der Waals surface area contributed by atoms with E-state index in [2.05, 4.69) is 5.32 Å². The first-order chi connectivity index (χ1) is 10.0. The van der Waals surface area contributed by atoms with Gasteiger partial charge >= 0.3 is 0 Å². The molecule has 21 heavy (non-hydrogen) atoms. The molecule has 0 aliphatic heterocycles. The maximum Gasteiger partial charge on any atom is 0.272 e. The molecule has 5 heteroatoms. The highest BCUT2D eigenvalue weighted by atomic mass is 16.6. The lowest BCUT2D eigenvalue weighted by atomic mass is 10.1. The molecular formula is C16H18N2O3. The van der Waals surface area contributed by atoms with E-state index in [0.717, 1.165) is 16.7 Å². The summed E-state index contributed by atoms with van der Waals surface area (Å²) in [6.07, 6.45) is 0. The van der Waals surface area contributed by atoms with Crippen LogP contribution in [0.1, 0.15) is 22.3 Å². The highest BCUT2D eigenvalue weighted by Crippen LogP contribution is 2.23. The van der Waals surface area contributed by atoms with Gasteiger partial charge in [-0.3, -0.25) is 10.1 Å². The number of aromatic hydroxyl groups is 1. The molecule has 0 aliphatic rings. The molecule has 0 unspecified atom stereocenters. The number of phenolic OH excluding ortho intramolecular Hbond substituents is 1. The lowest BCUT2D eigenvalue weighted by Gasteiger charge is -2.10. The number of nitro benzene ring substituents is 1. The van der Waals surface area contributed by atoms with Crippen LogP contribution in [0.2, 0.25) is 0 Å². The average molecular weight is 286 g/mol. The smallest absolute Gasteiger partial charge is 0.272 e. The number of rotatable bonds is 5. The maximum absolute atomic E-state index is 10.9. The highest BCUT2D eigenvalue weighted by Gasteiger charge is 2.12. The first kappa shape index (κ1) is 15.0. The molecule has 0 heterocycles. The molecule has 0 fully saturated rings. The molecule has 0 amide bonds. The molecule has 2 N–H and O–H groups in total. The molecule has 0 radical (unpaired) electrons. The van der Waals surface area contributed by atoms with Crippen molar-refractivity contribution < 1.29 is 10.0 Å². The number of hydrogen-bond acceptors (Lipinski definition) is 4. The van der Waals surface area contributed by atoms with E-state index in [4.69, 9.17) is 0 Å². The molecule has 2 rings (SSSR count). The van der Waals surface area contributed by atoms with E-state index in [1.54, 1.807) is 13.0 Å². The molecule has 2 aromatic carbocycles. The van der Waals surface area contributed by atoms with Crippen molar-refractivity contribution in [3.63, 3.8) is 0 Å². The van der Waals surface area contributed by atoms with Gasteiger partial charge in [0.15, 0.2) is 0 Å². The van der Waals surface area contributed by atoms with Gasteiger partial charge in [0.05, 0.1) is 4.92 Å². The van der Waals surface area contributed by atoms with Gasteiger partial charge < -0.3 is 10.4 Å². The molecule has 2 aromatic rings. The highest BCUT2D eigenvalue weighted by molar-refractivity contribution is 5.44. The predicted molar refractivity (Wildman–Crippen MR) is 81.2 cm³/mol. The second-order valence-corrected chi connectivity index (χ2v) is 5.00. The van der Waals surface area contributed by atoms with E-state index in [1.807, 2.05) is 31.2 Å². The molecular weight excluding hydrogens is 268 g/mol. The van der Waals surface area contributed by atoms with Crippen LogP contribution >= 0.6 is 0 Å². The van der Waals surface area contributed by atoms with E-state index in [-0.39, 0.29) is 10.6 Å². The normalized spacial score (nSPS) is 10.6.